The van der Waals surface area contributed by atoms with Gasteiger partial charge in [0, 0.05) is 13.1 Å². The molecule has 2 heterocycles. The van der Waals surface area contributed by atoms with Gasteiger partial charge in [0.2, 0.25) is 0 Å². The molecule has 0 N–H and O–H groups in total. The summed E-state index contributed by atoms with van der Waals surface area (Å²) in [6.07, 6.45) is 2.40. The number of rotatable bonds is 4. The van der Waals surface area contributed by atoms with Crippen molar-refractivity contribution in [3.63, 3.8) is 0 Å². The van der Waals surface area contributed by atoms with Crippen LogP contribution in [0.2, 0.25) is 0 Å². The van der Waals surface area contributed by atoms with E-state index in [0.717, 1.165) is 36.5 Å². The van der Waals surface area contributed by atoms with Crippen LogP contribution >= 0.6 is 11.3 Å². The third kappa shape index (κ3) is 3.76. The normalized spacial score (nSPS) is 17.8. The first kappa shape index (κ1) is 16.7. The average Bonchev–Trinajstić information content (AvgIpc) is 3.06. The summed E-state index contributed by atoms with van der Waals surface area (Å²) >= 11 is 1.75. The van der Waals surface area contributed by atoms with Crippen LogP contribution in [0.4, 0.5) is 0 Å². The van der Waals surface area contributed by atoms with E-state index < -0.39 is 0 Å². The Bertz CT molecular complexity index is 801. The summed E-state index contributed by atoms with van der Waals surface area (Å²) in [5, 5.41) is 1.06. The van der Waals surface area contributed by atoms with Gasteiger partial charge in [0.15, 0.2) is 0 Å². The van der Waals surface area contributed by atoms with E-state index in [1.54, 1.807) is 11.3 Å². The van der Waals surface area contributed by atoms with Crippen LogP contribution in [-0.2, 0) is 4.74 Å². The third-order valence-electron chi connectivity index (χ3n) is 4.91. The van der Waals surface area contributed by atoms with Gasteiger partial charge < -0.3 is 9.64 Å². The molecule has 0 bridgehead atoms. The summed E-state index contributed by atoms with van der Waals surface area (Å²) in [7, 11) is 2.18. The van der Waals surface area contributed by atoms with Crippen molar-refractivity contribution in [1.29, 1.82) is 0 Å². The lowest BCUT2D eigenvalue weighted by molar-refractivity contribution is -0.0234. The molecule has 0 spiro atoms. The van der Waals surface area contributed by atoms with E-state index in [2.05, 4.69) is 61.3 Å². The molecular formula is C21H24N2OS. The maximum absolute atomic E-state index is 6.60. The second-order valence-electron chi connectivity index (χ2n) is 6.95. The first-order valence-corrected chi connectivity index (χ1v) is 9.77. The predicted octanol–water partition coefficient (Wildman–Crippen LogP) is 4.80. The summed E-state index contributed by atoms with van der Waals surface area (Å²) < 4.78 is 7.83. The number of benzene rings is 2. The number of ether oxygens (including phenoxy) is 1. The number of thiazole rings is 1. The molecule has 3 aromatic rings. The minimum Gasteiger partial charge on any atom is -0.363 e. The molecule has 0 amide bonds. The number of hydrogen-bond acceptors (Lipinski definition) is 4. The molecule has 1 aliphatic rings. The van der Waals surface area contributed by atoms with Crippen molar-refractivity contribution in [2.45, 2.75) is 32.0 Å². The first-order chi connectivity index (χ1) is 12.2. The Labute approximate surface area is 153 Å². The molecule has 25 heavy (non-hydrogen) atoms. The lowest BCUT2D eigenvalue weighted by Crippen LogP contribution is -2.35. The molecule has 130 valence electrons. The van der Waals surface area contributed by atoms with Crippen LogP contribution in [0.1, 0.15) is 35.1 Å². The van der Waals surface area contributed by atoms with E-state index in [1.807, 2.05) is 6.07 Å². The maximum atomic E-state index is 6.60. The van der Waals surface area contributed by atoms with E-state index in [1.165, 1.54) is 15.8 Å². The molecule has 0 aliphatic carbocycles. The Kier molecular flexibility index (Phi) is 4.84. The van der Waals surface area contributed by atoms with Gasteiger partial charge in [-0.2, -0.15) is 0 Å². The lowest BCUT2D eigenvalue weighted by atomic mass is 10.1. The second kappa shape index (κ2) is 7.24. The lowest BCUT2D eigenvalue weighted by Gasteiger charge is -2.31. The predicted molar refractivity (Wildman–Crippen MR) is 104 cm³/mol. The van der Waals surface area contributed by atoms with Crippen LogP contribution in [0.25, 0.3) is 10.2 Å². The molecule has 1 aliphatic heterocycles. The Morgan fingerprint density at radius 1 is 1.08 bits per heavy atom. The molecule has 3 nitrogen and oxygen atoms in total. The highest BCUT2D eigenvalue weighted by Crippen LogP contribution is 2.35. The monoisotopic (exact) mass is 352 g/mol. The van der Waals surface area contributed by atoms with Crippen molar-refractivity contribution in [3.8, 4) is 0 Å². The Morgan fingerprint density at radius 3 is 2.52 bits per heavy atom. The molecule has 0 saturated carbocycles. The molecule has 1 saturated heterocycles. The van der Waals surface area contributed by atoms with E-state index in [0.29, 0.717) is 6.10 Å². The van der Waals surface area contributed by atoms with Crippen LogP contribution < -0.4 is 0 Å². The summed E-state index contributed by atoms with van der Waals surface area (Å²) in [6.45, 7) is 4.32. The Balaban J connectivity index is 1.66. The Hall–Kier alpha value is -1.75. The van der Waals surface area contributed by atoms with Gasteiger partial charge in [-0.1, -0.05) is 42.0 Å². The van der Waals surface area contributed by atoms with Crippen LogP contribution in [0, 0.1) is 6.92 Å². The van der Waals surface area contributed by atoms with E-state index in [-0.39, 0.29) is 6.10 Å². The van der Waals surface area contributed by atoms with Gasteiger partial charge in [-0.15, -0.1) is 11.3 Å². The average molecular weight is 353 g/mol. The molecule has 4 heteroatoms. The summed E-state index contributed by atoms with van der Waals surface area (Å²) in [5.74, 6) is 0. The van der Waals surface area contributed by atoms with Gasteiger partial charge in [0.25, 0.3) is 0 Å². The largest absolute Gasteiger partial charge is 0.363 e. The topological polar surface area (TPSA) is 25.4 Å². The molecular weight excluding hydrogens is 328 g/mol. The number of aromatic nitrogens is 1. The fourth-order valence-corrected chi connectivity index (χ4v) is 4.37. The summed E-state index contributed by atoms with van der Waals surface area (Å²) in [4.78, 5) is 7.25. The second-order valence-corrected chi connectivity index (χ2v) is 8.01. The van der Waals surface area contributed by atoms with E-state index in [9.17, 15) is 0 Å². The molecule has 2 aromatic carbocycles. The van der Waals surface area contributed by atoms with Crippen molar-refractivity contribution in [2.75, 3.05) is 20.1 Å². The quantitative estimate of drug-likeness (QED) is 0.674. The van der Waals surface area contributed by atoms with Crippen molar-refractivity contribution in [1.82, 2.24) is 9.88 Å². The number of piperidine rings is 1. The van der Waals surface area contributed by atoms with Crippen LogP contribution in [0.5, 0.6) is 0 Å². The van der Waals surface area contributed by atoms with Gasteiger partial charge in [-0.25, -0.2) is 4.98 Å². The van der Waals surface area contributed by atoms with Crippen molar-refractivity contribution in [2.24, 2.45) is 0 Å². The van der Waals surface area contributed by atoms with Crippen LogP contribution in [-0.4, -0.2) is 36.1 Å². The molecule has 0 radical (unpaired) electrons. The van der Waals surface area contributed by atoms with Gasteiger partial charge in [-0.05, 0) is 44.5 Å². The minimum atomic E-state index is -0.0774. The smallest absolute Gasteiger partial charge is 0.134 e. The number of aryl methyl sites for hydroxylation is 1. The number of para-hydroxylation sites is 1. The van der Waals surface area contributed by atoms with Crippen molar-refractivity contribution >= 4 is 21.6 Å². The van der Waals surface area contributed by atoms with Crippen molar-refractivity contribution in [3.05, 3.63) is 64.7 Å². The van der Waals surface area contributed by atoms with E-state index in [4.69, 9.17) is 9.72 Å². The number of likely N-dealkylation sites (tertiary alicyclic amines) is 1. The highest BCUT2D eigenvalue weighted by atomic mass is 32.1. The van der Waals surface area contributed by atoms with Crippen LogP contribution in [0.15, 0.2) is 48.5 Å². The van der Waals surface area contributed by atoms with Crippen molar-refractivity contribution < 1.29 is 4.74 Å². The molecule has 1 fully saturated rings. The number of nitrogens with zero attached hydrogens (tertiary/aromatic N) is 2. The Morgan fingerprint density at radius 2 is 1.80 bits per heavy atom. The minimum absolute atomic E-state index is 0.0774. The standard InChI is InChI=1S/C21H24N2OS/c1-15-7-9-16(10-8-15)20(24-17-11-13-23(2)14-12-17)21-22-18-5-3-4-6-19(18)25-21/h3-10,17,20H,11-14H2,1-2H3. The highest BCUT2D eigenvalue weighted by Gasteiger charge is 2.25. The first-order valence-electron chi connectivity index (χ1n) is 8.95. The zero-order chi connectivity index (χ0) is 17.2. The zero-order valence-electron chi connectivity index (χ0n) is 14.8. The van der Waals surface area contributed by atoms with Gasteiger partial charge in [0.1, 0.15) is 11.1 Å². The zero-order valence-corrected chi connectivity index (χ0v) is 15.6. The molecule has 4 rings (SSSR count). The molecule has 1 unspecified atom stereocenters. The fourth-order valence-electron chi connectivity index (χ4n) is 3.34. The molecule has 1 aromatic heterocycles. The van der Waals surface area contributed by atoms with Gasteiger partial charge >= 0.3 is 0 Å². The fraction of sp³-hybridized carbons (Fsp3) is 0.381. The maximum Gasteiger partial charge on any atom is 0.134 e. The van der Waals surface area contributed by atoms with E-state index >= 15 is 0 Å². The third-order valence-corrected chi connectivity index (χ3v) is 5.99. The molecule has 1 atom stereocenters. The van der Waals surface area contributed by atoms with Gasteiger partial charge in [0.05, 0.1) is 16.3 Å². The SMILES string of the molecule is Cc1ccc(C(OC2CCN(C)CC2)c2nc3ccccc3s2)cc1. The summed E-state index contributed by atoms with van der Waals surface area (Å²) in [5.41, 5.74) is 3.53. The van der Waals surface area contributed by atoms with Crippen LogP contribution in [0.3, 0.4) is 0 Å². The number of fused-ring (bicyclic) bond motifs is 1. The number of hydrogen-bond donors (Lipinski definition) is 0. The van der Waals surface area contributed by atoms with Gasteiger partial charge in [-0.3, -0.25) is 0 Å². The highest BCUT2D eigenvalue weighted by molar-refractivity contribution is 7.18. The summed E-state index contributed by atoms with van der Waals surface area (Å²) in [6, 6.07) is 17.0.